The molecule has 0 atom stereocenters. The van der Waals surface area contributed by atoms with Crippen LogP contribution in [0, 0.1) is 34.0 Å². The van der Waals surface area contributed by atoms with Crippen LogP contribution in [0.3, 0.4) is 0 Å². The van der Waals surface area contributed by atoms with Gasteiger partial charge in [0, 0.05) is 12.0 Å². The van der Waals surface area contributed by atoms with Crippen LogP contribution < -0.4 is 10.5 Å². The fourth-order valence-electron chi connectivity index (χ4n) is 3.40. The number of nitrogens with zero attached hydrogens (tertiary/aromatic N) is 3. The number of carbonyl (C=O) groups excluding carboxylic acids is 1. The van der Waals surface area contributed by atoms with E-state index in [1.54, 1.807) is 57.2 Å². The molecule has 0 amide bonds. The molecule has 1 aromatic carbocycles. The third-order valence-corrected chi connectivity index (χ3v) is 5.13. The van der Waals surface area contributed by atoms with Gasteiger partial charge in [0.1, 0.15) is 35.1 Å². The Balaban J connectivity index is 2.10. The summed E-state index contributed by atoms with van der Waals surface area (Å²) in [5.41, 5.74) is 6.94. The maximum Gasteiger partial charge on any atom is 0.305 e. The summed E-state index contributed by atoms with van der Waals surface area (Å²) in [5.74, 6) is 0.360. The summed E-state index contributed by atoms with van der Waals surface area (Å²) in [6, 6.07) is 11.0. The lowest BCUT2D eigenvalue weighted by atomic mass is 9.94. The van der Waals surface area contributed by atoms with Crippen LogP contribution in [-0.4, -0.2) is 24.8 Å². The van der Waals surface area contributed by atoms with Gasteiger partial charge in [-0.1, -0.05) is 18.2 Å². The van der Waals surface area contributed by atoms with Crippen molar-refractivity contribution in [2.75, 3.05) is 18.9 Å². The Hall–Kier alpha value is -4.22. The quantitative estimate of drug-likeness (QED) is 0.229. The molecule has 8 heteroatoms. The number of rotatable bonds is 10. The van der Waals surface area contributed by atoms with Crippen molar-refractivity contribution < 1.29 is 19.0 Å². The lowest BCUT2D eigenvalue weighted by Gasteiger charge is -2.20. The van der Waals surface area contributed by atoms with E-state index in [9.17, 15) is 20.6 Å². The average molecular weight is 461 g/mol. The number of allylic oxidation sites excluding steroid dienone is 2. The molecule has 0 saturated carbocycles. The van der Waals surface area contributed by atoms with E-state index in [-0.39, 0.29) is 22.9 Å². The fraction of sp³-hybridized carbons (Fsp3) is 0.385. The lowest BCUT2D eigenvalue weighted by Crippen LogP contribution is -2.20. The number of ether oxygens (including phenoxy) is 3. The van der Waals surface area contributed by atoms with Gasteiger partial charge in [-0.25, -0.2) is 0 Å². The SMILES string of the molecule is CCOC(=O)CCCCCOc1cc(/C=C/C2=C(C#N)C(=C(C#N)C#N)OC2(C)C)ccc1N. The van der Waals surface area contributed by atoms with Gasteiger partial charge in [-0.15, -0.1) is 0 Å². The number of unbranched alkanes of at least 4 members (excludes halogenated alkanes) is 2. The monoisotopic (exact) mass is 460 g/mol. The Morgan fingerprint density at radius 3 is 2.53 bits per heavy atom. The van der Waals surface area contributed by atoms with Crippen LogP contribution in [-0.2, 0) is 14.3 Å². The van der Waals surface area contributed by atoms with Gasteiger partial charge >= 0.3 is 5.97 Å². The van der Waals surface area contributed by atoms with Crippen LogP contribution in [0.25, 0.3) is 6.08 Å². The third kappa shape index (κ3) is 6.64. The Labute approximate surface area is 200 Å². The van der Waals surface area contributed by atoms with Gasteiger partial charge in [0.15, 0.2) is 11.3 Å². The second-order valence-corrected chi connectivity index (χ2v) is 8.04. The second kappa shape index (κ2) is 12.1. The number of nitrogen functional groups attached to an aromatic ring is 1. The summed E-state index contributed by atoms with van der Waals surface area (Å²) >= 11 is 0. The summed E-state index contributed by atoms with van der Waals surface area (Å²) in [6.07, 6.45) is 6.29. The van der Waals surface area contributed by atoms with Crippen molar-refractivity contribution in [2.24, 2.45) is 0 Å². The maximum atomic E-state index is 11.4. The van der Waals surface area contributed by atoms with E-state index >= 15 is 0 Å². The molecule has 34 heavy (non-hydrogen) atoms. The third-order valence-electron chi connectivity index (χ3n) is 5.13. The highest BCUT2D eigenvalue weighted by Gasteiger charge is 2.38. The highest BCUT2D eigenvalue weighted by Crippen LogP contribution is 2.40. The van der Waals surface area contributed by atoms with Crippen LogP contribution in [0.1, 0.15) is 52.0 Å². The molecule has 176 valence electrons. The van der Waals surface area contributed by atoms with E-state index in [1.165, 1.54) is 0 Å². The summed E-state index contributed by atoms with van der Waals surface area (Å²) in [4.78, 5) is 11.4. The van der Waals surface area contributed by atoms with Gasteiger partial charge in [-0.3, -0.25) is 4.79 Å². The zero-order chi connectivity index (χ0) is 25.1. The van der Waals surface area contributed by atoms with Crippen molar-refractivity contribution in [1.29, 1.82) is 15.8 Å². The first-order chi connectivity index (χ1) is 16.3. The molecule has 1 aromatic rings. The van der Waals surface area contributed by atoms with E-state index < -0.39 is 5.60 Å². The molecule has 0 spiro atoms. The van der Waals surface area contributed by atoms with Crippen LogP contribution in [0.15, 0.2) is 46.8 Å². The molecule has 0 saturated heterocycles. The predicted octanol–water partition coefficient (Wildman–Crippen LogP) is 4.71. The molecule has 0 aromatic heterocycles. The summed E-state index contributed by atoms with van der Waals surface area (Å²) < 4.78 is 16.5. The summed E-state index contributed by atoms with van der Waals surface area (Å²) in [6.45, 7) is 6.18. The standard InChI is InChI=1S/C26H28N4O4/c1-4-32-24(31)8-6-5-7-13-33-23-14-18(10-12-22(23)30)9-11-21-20(17-29)25(19(15-27)16-28)34-26(21,2)3/h9-12,14H,4-8,13,30H2,1-3H3/b11-9+. The van der Waals surface area contributed by atoms with E-state index in [0.717, 1.165) is 24.8 Å². The number of anilines is 1. The first-order valence-electron chi connectivity index (χ1n) is 11.0. The van der Waals surface area contributed by atoms with Gasteiger partial charge in [-0.2, -0.15) is 15.8 Å². The van der Waals surface area contributed by atoms with E-state index in [4.69, 9.17) is 19.9 Å². The second-order valence-electron chi connectivity index (χ2n) is 8.04. The highest BCUT2D eigenvalue weighted by atomic mass is 16.5. The number of hydrogen-bond acceptors (Lipinski definition) is 8. The molecular weight excluding hydrogens is 432 g/mol. The first-order valence-corrected chi connectivity index (χ1v) is 11.0. The molecule has 1 heterocycles. The molecule has 1 aliphatic heterocycles. The zero-order valence-electron chi connectivity index (χ0n) is 19.7. The molecule has 0 unspecified atom stereocenters. The number of carbonyl (C=O) groups is 1. The van der Waals surface area contributed by atoms with E-state index in [2.05, 4.69) is 6.07 Å². The zero-order valence-corrected chi connectivity index (χ0v) is 19.7. The lowest BCUT2D eigenvalue weighted by molar-refractivity contribution is -0.143. The van der Waals surface area contributed by atoms with Crippen molar-refractivity contribution in [3.8, 4) is 24.0 Å². The van der Waals surface area contributed by atoms with Crippen molar-refractivity contribution >= 4 is 17.7 Å². The van der Waals surface area contributed by atoms with Gasteiger partial charge in [0.05, 0.1) is 18.9 Å². The molecule has 0 fully saturated rings. The smallest absolute Gasteiger partial charge is 0.305 e. The minimum Gasteiger partial charge on any atom is -0.491 e. The molecular formula is C26H28N4O4. The van der Waals surface area contributed by atoms with Gasteiger partial charge < -0.3 is 19.9 Å². The molecule has 0 aliphatic carbocycles. The molecule has 8 nitrogen and oxygen atoms in total. The minimum atomic E-state index is -0.882. The molecule has 0 bridgehead atoms. The molecule has 2 N–H and O–H groups in total. The summed E-state index contributed by atoms with van der Waals surface area (Å²) in [5, 5.41) is 28.0. The van der Waals surface area contributed by atoms with E-state index in [1.807, 2.05) is 6.07 Å². The topological polar surface area (TPSA) is 142 Å². The average Bonchev–Trinajstić information content (AvgIpc) is 3.06. The van der Waals surface area contributed by atoms with Crippen molar-refractivity contribution in [1.82, 2.24) is 0 Å². The summed E-state index contributed by atoms with van der Waals surface area (Å²) in [7, 11) is 0. The normalized spacial score (nSPS) is 14.2. The fourth-order valence-corrected chi connectivity index (χ4v) is 3.40. The van der Waals surface area contributed by atoms with Crippen molar-refractivity contribution in [3.05, 3.63) is 52.3 Å². The Kier molecular flexibility index (Phi) is 9.29. The van der Waals surface area contributed by atoms with Crippen LogP contribution in [0.2, 0.25) is 0 Å². The molecule has 0 radical (unpaired) electrons. The van der Waals surface area contributed by atoms with Crippen LogP contribution in [0.5, 0.6) is 5.75 Å². The largest absolute Gasteiger partial charge is 0.491 e. The van der Waals surface area contributed by atoms with E-state index in [0.29, 0.717) is 36.6 Å². The number of esters is 1. The Bertz CT molecular complexity index is 1120. The number of benzene rings is 1. The van der Waals surface area contributed by atoms with Crippen molar-refractivity contribution in [2.45, 2.75) is 52.1 Å². The minimum absolute atomic E-state index is 0.00133. The number of nitrogens with two attached hydrogens (primary N) is 1. The highest BCUT2D eigenvalue weighted by molar-refractivity contribution is 5.69. The number of nitriles is 3. The number of hydrogen-bond donors (Lipinski definition) is 1. The van der Waals surface area contributed by atoms with Crippen molar-refractivity contribution in [3.63, 3.8) is 0 Å². The Morgan fingerprint density at radius 1 is 1.15 bits per heavy atom. The van der Waals surface area contributed by atoms with Gasteiger partial charge in [-0.05, 0) is 57.7 Å². The van der Waals surface area contributed by atoms with Crippen LogP contribution >= 0.6 is 0 Å². The molecule has 2 rings (SSSR count). The molecule has 1 aliphatic rings. The predicted molar refractivity (Wildman–Crippen MR) is 127 cm³/mol. The Morgan fingerprint density at radius 2 is 1.88 bits per heavy atom. The van der Waals surface area contributed by atoms with Gasteiger partial charge in [0.2, 0.25) is 0 Å². The maximum absolute atomic E-state index is 11.4. The van der Waals surface area contributed by atoms with Gasteiger partial charge in [0.25, 0.3) is 0 Å². The van der Waals surface area contributed by atoms with Crippen LogP contribution in [0.4, 0.5) is 5.69 Å². The first kappa shape index (κ1) is 26.0.